The lowest BCUT2D eigenvalue weighted by atomic mass is 9.72. The van der Waals surface area contributed by atoms with Crippen molar-refractivity contribution in [1.29, 1.82) is 0 Å². The molecule has 152 valence electrons. The van der Waals surface area contributed by atoms with Crippen LogP contribution in [0.15, 0.2) is 29.5 Å². The number of hydrogen-bond acceptors (Lipinski definition) is 3. The number of aliphatic hydroxyl groups excluding tert-OH is 1. The largest absolute Gasteiger partial charge is 0.396 e. The van der Waals surface area contributed by atoms with Gasteiger partial charge in [0.05, 0.1) is 0 Å². The molecule has 2 rings (SSSR count). The highest BCUT2D eigenvalue weighted by atomic mass is 16.3. The number of aliphatic imine (C=N–C) groups is 1. The first kappa shape index (κ1) is 21.7. The molecule has 0 amide bonds. The van der Waals surface area contributed by atoms with Crippen LogP contribution in [-0.2, 0) is 0 Å². The molecule has 0 aromatic carbocycles. The number of aliphatic hydroxyl groups is 1. The molecule has 1 aromatic heterocycles. The summed E-state index contributed by atoms with van der Waals surface area (Å²) >= 11 is 0. The molecule has 0 saturated heterocycles. The Morgan fingerprint density at radius 2 is 2.04 bits per heavy atom. The maximum atomic E-state index is 9.53. The molecule has 1 aliphatic carbocycles. The summed E-state index contributed by atoms with van der Waals surface area (Å²) in [5, 5.41) is 16.5. The van der Waals surface area contributed by atoms with Gasteiger partial charge in [0.25, 0.3) is 0 Å². The minimum atomic E-state index is 0.177. The lowest BCUT2D eigenvalue weighted by molar-refractivity contribution is 0.137. The van der Waals surface area contributed by atoms with Gasteiger partial charge in [-0.15, -0.1) is 0 Å². The van der Waals surface area contributed by atoms with E-state index in [9.17, 15) is 5.11 Å². The van der Waals surface area contributed by atoms with Gasteiger partial charge in [-0.2, -0.15) is 0 Å². The van der Waals surface area contributed by atoms with Gasteiger partial charge < -0.3 is 15.7 Å². The first-order chi connectivity index (χ1) is 13.1. The van der Waals surface area contributed by atoms with Crippen molar-refractivity contribution >= 4 is 5.96 Å². The quantitative estimate of drug-likeness (QED) is 0.455. The lowest BCUT2D eigenvalue weighted by Gasteiger charge is -2.36. The smallest absolute Gasteiger partial charge is 0.191 e. The topological polar surface area (TPSA) is 69.5 Å². The summed E-state index contributed by atoms with van der Waals surface area (Å²) in [7, 11) is 0. The number of nitrogens with zero attached hydrogens (tertiary/aromatic N) is 2. The number of rotatable bonds is 9. The SMILES string of the molecule is CCNC(=NCC1(CCO)CCCCC1)NCC(c1cccnc1)C(C)C. The summed E-state index contributed by atoms with van der Waals surface area (Å²) < 4.78 is 0. The Hall–Kier alpha value is -1.62. The van der Waals surface area contributed by atoms with Crippen molar-refractivity contribution in [1.82, 2.24) is 15.6 Å². The third-order valence-electron chi connectivity index (χ3n) is 5.88. The minimum absolute atomic E-state index is 0.177. The van der Waals surface area contributed by atoms with Crippen LogP contribution >= 0.6 is 0 Å². The van der Waals surface area contributed by atoms with Crippen LogP contribution < -0.4 is 10.6 Å². The summed E-state index contributed by atoms with van der Waals surface area (Å²) in [5.41, 5.74) is 1.44. The molecule has 0 bridgehead atoms. The van der Waals surface area contributed by atoms with Crippen LogP contribution in [0.1, 0.15) is 70.8 Å². The van der Waals surface area contributed by atoms with Gasteiger partial charge in [0.15, 0.2) is 5.96 Å². The van der Waals surface area contributed by atoms with Crippen molar-refractivity contribution in [2.75, 3.05) is 26.2 Å². The van der Waals surface area contributed by atoms with E-state index in [-0.39, 0.29) is 12.0 Å². The highest BCUT2D eigenvalue weighted by Gasteiger charge is 2.31. The van der Waals surface area contributed by atoms with Crippen molar-refractivity contribution in [2.24, 2.45) is 16.3 Å². The fourth-order valence-corrected chi connectivity index (χ4v) is 4.16. The zero-order valence-electron chi connectivity index (χ0n) is 17.4. The van der Waals surface area contributed by atoms with E-state index in [2.05, 4.69) is 42.5 Å². The summed E-state index contributed by atoms with van der Waals surface area (Å²) in [6, 6.07) is 4.16. The molecule has 5 nitrogen and oxygen atoms in total. The highest BCUT2D eigenvalue weighted by Crippen LogP contribution is 2.39. The molecule has 1 aliphatic rings. The number of hydrogen-bond donors (Lipinski definition) is 3. The van der Waals surface area contributed by atoms with E-state index in [1.807, 2.05) is 18.5 Å². The van der Waals surface area contributed by atoms with Gasteiger partial charge >= 0.3 is 0 Å². The van der Waals surface area contributed by atoms with Gasteiger partial charge in [0.1, 0.15) is 0 Å². The summed E-state index contributed by atoms with van der Waals surface area (Å²) in [6.45, 7) is 9.34. The second-order valence-corrected chi connectivity index (χ2v) is 8.25. The number of aromatic nitrogens is 1. The van der Waals surface area contributed by atoms with Crippen molar-refractivity contribution in [3.63, 3.8) is 0 Å². The van der Waals surface area contributed by atoms with Gasteiger partial charge in [-0.25, -0.2) is 0 Å². The van der Waals surface area contributed by atoms with Crippen LogP contribution in [0.5, 0.6) is 0 Å². The van der Waals surface area contributed by atoms with Gasteiger partial charge in [-0.1, -0.05) is 39.2 Å². The van der Waals surface area contributed by atoms with E-state index in [0.29, 0.717) is 11.8 Å². The van der Waals surface area contributed by atoms with Crippen LogP contribution in [0, 0.1) is 11.3 Å². The number of nitrogens with one attached hydrogen (secondary N) is 2. The fraction of sp³-hybridized carbons (Fsp3) is 0.727. The average Bonchev–Trinajstić information content (AvgIpc) is 2.68. The van der Waals surface area contributed by atoms with Gasteiger partial charge in [-0.3, -0.25) is 9.98 Å². The molecule has 0 aliphatic heterocycles. The van der Waals surface area contributed by atoms with Crippen molar-refractivity contribution in [2.45, 2.75) is 65.2 Å². The van der Waals surface area contributed by atoms with E-state index < -0.39 is 0 Å². The van der Waals surface area contributed by atoms with Crippen LogP contribution in [0.25, 0.3) is 0 Å². The second kappa shape index (κ2) is 11.3. The molecule has 0 spiro atoms. The van der Waals surface area contributed by atoms with Gasteiger partial charge in [-0.05, 0) is 49.1 Å². The zero-order valence-corrected chi connectivity index (χ0v) is 17.4. The van der Waals surface area contributed by atoms with Gasteiger partial charge in [0.2, 0.25) is 0 Å². The van der Waals surface area contributed by atoms with E-state index in [1.54, 1.807) is 0 Å². The fourth-order valence-electron chi connectivity index (χ4n) is 4.16. The summed E-state index contributed by atoms with van der Waals surface area (Å²) in [4.78, 5) is 9.20. The molecule has 1 unspecified atom stereocenters. The monoisotopic (exact) mass is 374 g/mol. The third kappa shape index (κ3) is 6.80. The Morgan fingerprint density at radius 3 is 2.63 bits per heavy atom. The molecule has 1 atom stereocenters. The first-order valence-corrected chi connectivity index (χ1v) is 10.6. The van der Waals surface area contributed by atoms with Crippen molar-refractivity contribution < 1.29 is 5.11 Å². The molecule has 1 saturated carbocycles. The molecule has 1 fully saturated rings. The molecule has 27 heavy (non-hydrogen) atoms. The zero-order chi connectivity index (χ0) is 19.5. The van der Waals surface area contributed by atoms with E-state index in [0.717, 1.165) is 32.0 Å². The maximum absolute atomic E-state index is 9.53. The number of pyridine rings is 1. The van der Waals surface area contributed by atoms with Crippen molar-refractivity contribution in [3.05, 3.63) is 30.1 Å². The highest BCUT2D eigenvalue weighted by molar-refractivity contribution is 5.79. The Morgan fingerprint density at radius 1 is 1.26 bits per heavy atom. The Bertz CT molecular complexity index is 547. The van der Waals surface area contributed by atoms with Crippen LogP contribution in [0.4, 0.5) is 0 Å². The second-order valence-electron chi connectivity index (χ2n) is 8.25. The van der Waals surface area contributed by atoms with Crippen LogP contribution in [0.2, 0.25) is 0 Å². The van der Waals surface area contributed by atoms with E-state index in [1.165, 1.54) is 37.7 Å². The minimum Gasteiger partial charge on any atom is -0.396 e. The summed E-state index contributed by atoms with van der Waals surface area (Å²) in [5.74, 6) is 1.79. The van der Waals surface area contributed by atoms with E-state index >= 15 is 0 Å². The molecule has 5 heteroatoms. The third-order valence-corrected chi connectivity index (χ3v) is 5.88. The molecule has 1 aromatic rings. The van der Waals surface area contributed by atoms with Crippen LogP contribution in [0.3, 0.4) is 0 Å². The van der Waals surface area contributed by atoms with Gasteiger partial charge in [0, 0.05) is 44.6 Å². The molecule has 0 radical (unpaired) electrons. The van der Waals surface area contributed by atoms with E-state index in [4.69, 9.17) is 4.99 Å². The molecule has 1 heterocycles. The Labute approximate surface area is 165 Å². The Balaban J connectivity index is 2.03. The standard InChI is InChI=1S/C22H38N4O/c1-4-24-21(26-17-22(12-14-27)10-6-5-7-11-22)25-16-20(18(2)3)19-9-8-13-23-15-19/h8-9,13,15,18,20,27H,4-7,10-12,14,16-17H2,1-3H3,(H2,24,25,26). The van der Waals surface area contributed by atoms with Crippen LogP contribution in [-0.4, -0.2) is 42.3 Å². The summed E-state index contributed by atoms with van der Waals surface area (Å²) in [6.07, 6.45) is 10.9. The lowest BCUT2D eigenvalue weighted by Crippen LogP contribution is -2.41. The normalized spacial score (nSPS) is 18.3. The maximum Gasteiger partial charge on any atom is 0.191 e. The first-order valence-electron chi connectivity index (χ1n) is 10.6. The predicted molar refractivity (Wildman–Crippen MR) is 113 cm³/mol. The van der Waals surface area contributed by atoms with Crippen molar-refractivity contribution in [3.8, 4) is 0 Å². The molecule has 3 N–H and O–H groups in total. The number of guanidine groups is 1. The average molecular weight is 375 g/mol. The molecular formula is C22H38N4O. The Kier molecular flexibility index (Phi) is 9.05. The molecular weight excluding hydrogens is 336 g/mol. The predicted octanol–water partition coefficient (Wildman–Crippen LogP) is 3.71.